The van der Waals surface area contributed by atoms with Gasteiger partial charge in [-0.3, -0.25) is 10.1 Å². The molecular weight excluding hydrogens is 284 g/mol. The van der Waals surface area contributed by atoms with Crippen molar-refractivity contribution in [3.05, 3.63) is 22.4 Å². The number of nitrogens with one attached hydrogen (secondary N) is 1. The zero-order chi connectivity index (χ0) is 15.4. The van der Waals surface area contributed by atoms with Gasteiger partial charge in [0.2, 0.25) is 5.91 Å². The Kier molecular flexibility index (Phi) is 5.79. The summed E-state index contributed by atoms with van der Waals surface area (Å²) >= 11 is 1.70. The lowest BCUT2D eigenvalue weighted by molar-refractivity contribution is -0.134. The Hall–Kier alpha value is -0.910. The number of hydrogen-bond donors (Lipinski definition) is 1. The molecule has 1 aromatic rings. The van der Waals surface area contributed by atoms with E-state index in [9.17, 15) is 4.79 Å². The summed E-state index contributed by atoms with van der Waals surface area (Å²) in [7, 11) is 1.71. The van der Waals surface area contributed by atoms with Gasteiger partial charge in [-0.05, 0) is 23.8 Å². The van der Waals surface area contributed by atoms with Crippen LogP contribution in [0.1, 0.15) is 44.7 Å². The molecule has 0 saturated carbocycles. The molecule has 0 aromatic carbocycles. The van der Waals surface area contributed by atoms with Crippen molar-refractivity contribution < 1.29 is 9.53 Å². The Morgan fingerprint density at radius 1 is 1.48 bits per heavy atom. The Labute approximate surface area is 131 Å². The molecule has 2 heterocycles. The van der Waals surface area contributed by atoms with Crippen LogP contribution < -0.4 is 5.32 Å². The number of carbonyl (C=O) groups is 1. The van der Waals surface area contributed by atoms with E-state index in [1.165, 1.54) is 4.88 Å². The summed E-state index contributed by atoms with van der Waals surface area (Å²) < 4.78 is 5.36. The molecule has 1 saturated heterocycles. The van der Waals surface area contributed by atoms with Gasteiger partial charge in [-0.2, -0.15) is 0 Å². The second kappa shape index (κ2) is 7.38. The number of amides is 1. The van der Waals surface area contributed by atoms with E-state index in [1.807, 2.05) is 11.0 Å². The van der Waals surface area contributed by atoms with Gasteiger partial charge in [-0.25, -0.2) is 0 Å². The molecule has 1 aromatic heterocycles. The van der Waals surface area contributed by atoms with Gasteiger partial charge >= 0.3 is 0 Å². The molecule has 0 spiro atoms. The Balaban J connectivity index is 2.29. The zero-order valence-corrected chi connectivity index (χ0v) is 14.2. The predicted molar refractivity (Wildman–Crippen MR) is 86.2 cm³/mol. The minimum atomic E-state index is -0.103. The molecule has 1 aliphatic rings. The normalized spacial score (nSPS) is 24.0. The summed E-state index contributed by atoms with van der Waals surface area (Å²) in [5.74, 6) is 0.494. The fraction of sp³-hybridized carbons (Fsp3) is 0.688. The Morgan fingerprint density at radius 3 is 2.76 bits per heavy atom. The van der Waals surface area contributed by atoms with Crippen molar-refractivity contribution in [3.63, 3.8) is 0 Å². The summed E-state index contributed by atoms with van der Waals surface area (Å²) in [5.41, 5.74) is 0. The van der Waals surface area contributed by atoms with Crippen LogP contribution in [0.5, 0.6) is 0 Å². The summed E-state index contributed by atoms with van der Waals surface area (Å²) in [6.45, 7) is 6.93. The van der Waals surface area contributed by atoms with Gasteiger partial charge in [0, 0.05) is 12.0 Å². The molecule has 0 aliphatic carbocycles. The molecule has 5 heteroatoms. The molecule has 1 amide bonds. The van der Waals surface area contributed by atoms with E-state index in [2.05, 4.69) is 37.5 Å². The number of methoxy groups -OCH3 is 1. The van der Waals surface area contributed by atoms with Gasteiger partial charge in [-0.15, -0.1) is 11.3 Å². The van der Waals surface area contributed by atoms with Crippen molar-refractivity contribution in [1.29, 1.82) is 0 Å². The average Bonchev–Trinajstić information content (AvgIpc) is 3.05. The number of thiophene rings is 1. The zero-order valence-electron chi connectivity index (χ0n) is 13.3. The third-order valence-electron chi connectivity index (χ3n) is 3.99. The van der Waals surface area contributed by atoms with Crippen LogP contribution in [-0.2, 0) is 9.53 Å². The second-order valence-corrected chi connectivity index (χ2v) is 6.93. The summed E-state index contributed by atoms with van der Waals surface area (Å²) in [6, 6.07) is 4.17. The molecule has 118 valence electrons. The highest BCUT2D eigenvalue weighted by molar-refractivity contribution is 7.10. The van der Waals surface area contributed by atoms with E-state index in [0.717, 1.165) is 12.8 Å². The quantitative estimate of drug-likeness (QED) is 0.842. The number of rotatable bonds is 7. The summed E-state index contributed by atoms with van der Waals surface area (Å²) in [5, 5.41) is 5.58. The lowest BCUT2D eigenvalue weighted by Crippen LogP contribution is -2.43. The lowest BCUT2D eigenvalue weighted by Gasteiger charge is -2.32. The van der Waals surface area contributed by atoms with Crippen molar-refractivity contribution in [1.82, 2.24) is 10.2 Å². The van der Waals surface area contributed by atoms with Crippen LogP contribution >= 0.6 is 11.3 Å². The van der Waals surface area contributed by atoms with Gasteiger partial charge in [0.25, 0.3) is 0 Å². The van der Waals surface area contributed by atoms with Crippen LogP contribution in [0.4, 0.5) is 0 Å². The van der Waals surface area contributed by atoms with Crippen molar-refractivity contribution >= 4 is 17.2 Å². The molecule has 2 rings (SSSR count). The van der Waals surface area contributed by atoms with E-state index >= 15 is 0 Å². The number of ether oxygens (including phenoxy) is 1. The van der Waals surface area contributed by atoms with Crippen LogP contribution in [0.15, 0.2) is 17.5 Å². The average molecular weight is 310 g/mol. The molecule has 0 radical (unpaired) electrons. The second-order valence-electron chi connectivity index (χ2n) is 5.95. The highest BCUT2D eigenvalue weighted by Crippen LogP contribution is 2.33. The first-order chi connectivity index (χ1) is 10.1. The van der Waals surface area contributed by atoms with E-state index in [1.54, 1.807) is 18.4 Å². The minimum Gasteiger partial charge on any atom is -0.383 e. The van der Waals surface area contributed by atoms with E-state index in [0.29, 0.717) is 6.61 Å². The molecule has 3 unspecified atom stereocenters. The third-order valence-corrected chi connectivity index (χ3v) is 4.91. The predicted octanol–water partition coefficient (Wildman–Crippen LogP) is 3.02. The SMILES string of the molecule is CCCC(COC)N1C(=O)C(C(C)C)NC1c1cccs1. The standard InChI is InChI=1S/C16H26N2O2S/c1-5-7-12(10-20-4)18-15(13-8-6-9-21-13)17-14(11(2)3)16(18)19/h6,8-9,11-12,14-15,17H,5,7,10H2,1-4H3. The van der Waals surface area contributed by atoms with E-state index < -0.39 is 0 Å². The topological polar surface area (TPSA) is 41.6 Å². The first kappa shape index (κ1) is 16.5. The maximum Gasteiger partial charge on any atom is 0.241 e. The molecule has 0 bridgehead atoms. The van der Waals surface area contributed by atoms with Crippen molar-refractivity contribution in [2.45, 2.75) is 51.9 Å². The highest BCUT2D eigenvalue weighted by Gasteiger charge is 2.44. The van der Waals surface area contributed by atoms with Gasteiger partial charge in [0.1, 0.15) is 6.17 Å². The monoisotopic (exact) mass is 310 g/mol. The largest absolute Gasteiger partial charge is 0.383 e. The van der Waals surface area contributed by atoms with Crippen molar-refractivity contribution in [2.75, 3.05) is 13.7 Å². The number of hydrogen-bond acceptors (Lipinski definition) is 4. The van der Waals surface area contributed by atoms with Crippen LogP contribution in [0.3, 0.4) is 0 Å². The highest BCUT2D eigenvalue weighted by atomic mass is 32.1. The molecule has 1 fully saturated rings. The number of carbonyl (C=O) groups excluding carboxylic acids is 1. The fourth-order valence-corrected chi connectivity index (χ4v) is 3.75. The Morgan fingerprint density at radius 2 is 2.24 bits per heavy atom. The first-order valence-electron chi connectivity index (χ1n) is 7.70. The van der Waals surface area contributed by atoms with Crippen LogP contribution in [-0.4, -0.2) is 36.6 Å². The molecule has 3 atom stereocenters. The van der Waals surface area contributed by atoms with Crippen LogP contribution in [0, 0.1) is 5.92 Å². The van der Waals surface area contributed by atoms with Gasteiger partial charge in [0.15, 0.2) is 0 Å². The summed E-state index contributed by atoms with van der Waals surface area (Å²) in [6.07, 6.45) is 1.99. The van der Waals surface area contributed by atoms with Gasteiger partial charge in [0.05, 0.1) is 18.7 Å². The van der Waals surface area contributed by atoms with Gasteiger partial charge < -0.3 is 9.64 Å². The molecular formula is C16H26N2O2S. The molecule has 4 nitrogen and oxygen atoms in total. The third kappa shape index (κ3) is 3.47. The van der Waals surface area contributed by atoms with Crippen LogP contribution in [0.2, 0.25) is 0 Å². The number of nitrogens with zero attached hydrogens (tertiary/aromatic N) is 1. The lowest BCUT2D eigenvalue weighted by atomic mass is 10.0. The maximum absolute atomic E-state index is 12.9. The van der Waals surface area contributed by atoms with Crippen molar-refractivity contribution in [3.8, 4) is 0 Å². The van der Waals surface area contributed by atoms with Crippen molar-refractivity contribution in [2.24, 2.45) is 5.92 Å². The smallest absolute Gasteiger partial charge is 0.241 e. The molecule has 21 heavy (non-hydrogen) atoms. The molecule has 1 N–H and O–H groups in total. The fourth-order valence-electron chi connectivity index (χ4n) is 2.97. The first-order valence-corrected chi connectivity index (χ1v) is 8.58. The minimum absolute atomic E-state index is 0.0170. The maximum atomic E-state index is 12.9. The Bertz CT molecular complexity index is 441. The van der Waals surface area contributed by atoms with E-state index in [-0.39, 0.29) is 30.1 Å². The van der Waals surface area contributed by atoms with Crippen LogP contribution in [0.25, 0.3) is 0 Å². The molecule has 1 aliphatic heterocycles. The summed E-state index contributed by atoms with van der Waals surface area (Å²) in [4.78, 5) is 16.1. The van der Waals surface area contributed by atoms with Gasteiger partial charge in [-0.1, -0.05) is 33.3 Å². The van der Waals surface area contributed by atoms with E-state index in [4.69, 9.17) is 4.74 Å².